The lowest BCUT2D eigenvalue weighted by Gasteiger charge is -2.04. The molecule has 0 atom stereocenters. The maximum Gasteiger partial charge on any atom is 0.271 e. The molecule has 1 aliphatic heterocycles. The van der Waals surface area contributed by atoms with E-state index in [9.17, 15) is 4.79 Å². The highest BCUT2D eigenvalue weighted by atomic mass is 79.9. The Bertz CT molecular complexity index is 1040. The molecular weight excluding hydrogens is 452 g/mol. The predicted octanol–water partition coefficient (Wildman–Crippen LogP) is 5.23. The Hall–Kier alpha value is -2.77. The lowest BCUT2D eigenvalue weighted by Crippen LogP contribution is -2.17. The Morgan fingerprint density at radius 2 is 1.79 bits per heavy atom. The summed E-state index contributed by atoms with van der Waals surface area (Å²) in [6.07, 6.45) is 1.56. The van der Waals surface area contributed by atoms with Gasteiger partial charge in [-0.3, -0.25) is 4.79 Å². The second-order valence-electron chi connectivity index (χ2n) is 6.22. The third kappa shape index (κ3) is 4.99. The molecule has 1 aliphatic rings. The van der Waals surface area contributed by atoms with Crippen molar-refractivity contribution in [1.29, 1.82) is 0 Å². The monoisotopic (exact) mass is 468 g/mol. The fourth-order valence-corrected chi connectivity index (χ4v) is 3.99. The van der Waals surface area contributed by atoms with Gasteiger partial charge in [-0.2, -0.15) is 5.10 Å². The highest BCUT2D eigenvalue weighted by Crippen LogP contribution is 2.36. The first-order valence-corrected chi connectivity index (χ1v) is 10.7. The van der Waals surface area contributed by atoms with Crippen LogP contribution in [0.1, 0.15) is 21.5 Å². The number of carbonyl (C=O) groups excluding carboxylic acids is 1. The van der Waals surface area contributed by atoms with Crippen LogP contribution in [0.15, 0.2) is 81.2 Å². The summed E-state index contributed by atoms with van der Waals surface area (Å²) in [5.74, 6) is 1.93. The number of thioether (sulfide) groups is 1. The van der Waals surface area contributed by atoms with Gasteiger partial charge in [0.1, 0.15) is 0 Å². The second kappa shape index (κ2) is 9.15. The zero-order chi connectivity index (χ0) is 20.1. The van der Waals surface area contributed by atoms with Gasteiger partial charge in [0, 0.05) is 26.2 Å². The minimum atomic E-state index is -0.264. The zero-order valence-corrected chi connectivity index (χ0v) is 17.7. The first kappa shape index (κ1) is 19.5. The fourth-order valence-electron chi connectivity index (χ4n) is 2.69. The van der Waals surface area contributed by atoms with Gasteiger partial charge in [-0.05, 0) is 57.9 Å². The van der Waals surface area contributed by atoms with E-state index in [4.69, 9.17) is 9.47 Å². The maximum absolute atomic E-state index is 12.3. The molecule has 29 heavy (non-hydrogen) atoms. The van der Waals surface area contributed by atoms with Gasteiger partial charge in [-0.15, -0.1) is 11.8 Å². The van der Waals surface area contributed by atoms with Crippen LogP contribution in [0.25, 0.3) is 0 Å². The third-order valence-corrected chi connectivity index (χ3v) is 6.00. The number of halogens is 1. The van der Waals surface area contributed by atoms with Crippen LogP contribution in [-0.4, -0.2) is 18.9 Å². The molecule has 4 rings (SSSR count). The van der Waals surface area contributed by atoms with Crippen molar-refractivity contribution in [1.82, 2.24) is 5.43 Å². The van der Waals surface area contributed by atoms with Crippen LogP contribution in [0.2, 0.25) is 0 Å². The van der Waals surface area contributed by atoms with Crippen molar-refractivity contribution in [3.63, 3.8) is 0 Å². The molecule has 3 aromatic carbocycles. The van der Waals surface area contributed by atoms with E-state index >= 15 is 0 Å². The topological polar surface area (TPSA) is 59.9 Å². The Labute approximate surface area is 181 Å². The van der Waals surface area contributed by atoms with Crippen molar-refractivity contribution in [2.24, 2.45) is 5.10 Å². The average Bonchev–Trinajstić information content (AvgIpc) is 3.20. The van der Waals surface area contributed by atoms with E-state index in [-0.39, 0.29) is 12.7 Å². The van der Waals surface area contributed by atoms with Crippen molar-refractivity contribution < 1.29 is 14.3 Å². The number of nitrogens with one attached hydrogen (secondary N) is 1. The molecule has 0 saturated heterocycles. The van der Waals surface area contributed by atoms with Crippen LogP contribution in [0.4, 0.5) is 0 Å². The Balaban J connectivity index is 1.33. The van der Waals surface area contributed by atoms with Crippen LogP contribution in [-0.2, 0) is 5.75 Å². The maximum atomic E-state index is 12.3. The van der Waals surface area contributed by atoms with Crippen LogP contribution >= 0.6 is 27.7 Å². The van der Waals surface area contributed by atoms with Gasteiger partial charge >= 0.3 is 0 Å². The summed E-state index contributed by atoms with van der Waals surface area (Å²) in [4.78, 5) is 13.5. The number of nitrogens with zero attached hydrogens (tertiary/aromatic N) is 1. The Morgan fingerprint density at radius 1 is 1.07 bits per heavy atom. The number of hydrogen-bond donors (Lipinski definition) is 1. The molecule has 146 valence electrons. The zero-order valence-electron chi connectivity index (χ0n) is 15.3. The van der Waals surface area contributed by atoms with Crippen LogP contribution < -0.4 is 14.9 Å². The van der Waals surface area contributed by atoms with E-state index in [1.54, 1.807) is 24.0 Å². The highest BCUT2D eigenvalue weighted by molar-refractivity contribution is 9.10. The summed E-state index contributed by atoms with van der Waals surface area (Å²) in [6, 6.07) is 21.4. The number of ether oxygens (including phenoxy) is 2. The molecule has 5 nitrogen and oxygen atoms in total. The lowest BCUT2D eigenvalue weighted by atomic mass is 10.1. The van der Waals surface area contributed by atoms with Gasteiger partial charge in [-0.1, -0.05) is 30.3 Å². The number of carbonyl (C=O) groups is 1. The number of hydrazone groups is 1. The van der Waals surface area contributed by atoms with Gasteiger partial charge in [0.15, 0.2) is 11.5 Å². The normalized spacial score (nSPS) is 12.3. The number of hydrogen-bond acceptors (Lipinski definition) is 5. The molecule has 1 amide bonds. The SMILES string of the molecule is O=C(N/N=C\c1cc2c(cc1Br)OCO2)c1ccc(CSc2ccccc2)cc1. The molecule has 7 heteroatoms. The largest absolute Gasteiger partial charge is 0.454 e. The Morgan fingerprint density at radius 3 is 2.55 bits per heavy atom. The standard InChI is InChI=1S/C22H17BrN2O3S/c23-19-11-21-20(27-14-28-21)10-17(19)12-24-25-22(26)16-8-6-15(7-9-16)13-29-18-4-2-1-3-5-18/h1-12H,13-14H2,(H,25,26)/b24-12-. The number of benzene rings is 3. The first-order chi connectivity index (χ1) is 14.2. The van der Waals surface area contributed by atoms with Crippen molar-refractivity contribution in [3.8, 4) is 11.5 Å². The van der Waals surface area contributed by atoms with Crippen molar-refractivity contribution in [2.45, 2.75) is 10.6 Å². The van der Waals surface area contributed by atoms with E-state index < -0.39 is 0 Å². The molecule has 0 bridgehead atoms. The van der Waals surface area contributed by atoms with Crippen LogP contribution in [0.5, 0.6) is 11.5 Å². The van der Waals surface area contributed by atoms with Gasteiger partial charge < -0.3 is 9.47 Å². The van der Waals surface area contributed by atoms with Crippen molar-refractivity contribution in [3.05, 3.63) is 87.9 Å². The van der Waals surface area contributed by atoms with Gasteiger partial charge in [0.25, 0.3) is 5.91 Å². The molecule has 0 radical (unpaired) electrons. The van der Waals surface area contributed by atoms with Crippen LogP contribution in [0.3, 0.4) is 0 Å². The molecule has 3 aromatic rings. The van der Waals surface area contributed by atoms with E-state index in [0.717, 1.165) is 21.4 Å². The summed E-state index contributed by atoms with van der Waals surface area (Å²) in [6.45, 7) is 0.207. The molecule has 0 fully saturated rings. The lowest BCUT2D eigenvalue weighted by molar-refractivity contribution is 0.0955. The molecule has 1 heterocycles. The summed E-state index contributed by atoms with van der Waals surface area (Å²) < 4.78 is 11.5. The predicted molar refractivity (Wildman–Crippen MR) is 118 cm³/mol. The summed E-state index contributed by atoms with van der Waals surface area (Å²) in [5.41, 5.74) is 5.04. The molecule has 0 saturated carbocycles. The summed E-state index contributed by atoms with van der Waals surface area (Å²) in [5, 5.41) is 4.05. The molecule has 0 unspecified atom stereocenters. The number of fused-ring (bicyclic) bond motifs is 1. The second-order valence-corrected chi connectivity index (χ2v) is 8.13. The smallest absolute Gasteiger partial charge is 0.271 e. The highest BCUT2D eigenvalue weighted by Gasteiger charge is 2.15. The average molecular weight is 469 g/mol. The number of rotatable bonds is 6. The number of amides is 1. The van der Waals surface area contributed by atoms with E-state index in [1.165, 1.54) is 4.90 Å². The van der Waals surface area contributed by atoms with Crippen LogP contribution in [0, 0.1) is 0 Å². The minimum Gasteiger partial charge on any atom is -0.454 e. The van der Waals surface area contributed by atoms with Gasteiger partial charge in [-0.25, -0.2) is 5.43 Å². The fraction of sp³-hybridized carbons (Fsp3) is 0.0909. The van der Waals surface area contributed by atoms with E-state index in [1.807, 2.05) is 48.5 Å². The van der Waals surface area contributed by atoms with Crippen molar-refractivity contribution in [2.75, 3.05) is 6.79 Å². The van der Waals surface area contributed by atoms with Gasteiger partial charge in [0.05, 0.1) is 6.21 Å². The third-order valence-electron chi connectivity index (χ3n) is 4.23. The molecular formula is C22H17BrN2O3S. The molecule has 1 N–H and O–H groups in total. The van der Waals surface area contributed by atoms with Crippen molar-refractivity contribution >= 4 is 39.8 Å². The molecule has 0 aromatic heterocycles. The summed E-state index contributed by atoms with van der Waals surface area (Å²) >= 11 is 5.22. The molecule has 0 aliphatic carbocycles. The Kier molecular flexibility index (Phi) is 6.17. The first-order valence-electron chi connectivity index (χ1n) is 8.88. The van der Waals surface area contributed by atoms with E-state index in [0.29, 0.717) is 17.1 Å². The minimum absolute atomic E-state index is 0.207. The molecule has 0 spiro atoms. The van der Waals surface area contributed by atoms with E-state index in [2.05, 4.69) is 38.6 Å². The van der Waals surface area contributed by atoms with Gasteiger partial charge in [0.2, 0.25) is 6.79 Å². The summed E-state index contributed by atoms with van der Waals surface area (Å²) in [7, 11) is 0. The quantitative estimate of drug-likeness (QED) is 0.305.